The van der Waals surface area contributed by atoms with Crippen LogP contribution in [-0.2, 0) is 6.54 Å². The maximum atomic E-state index is 11.2. The van der Waals surface area contributed by atoms with Crippen LogP contribution < -0.4 is 9.64 Å². The molecular weight excluding hydrogens is 458 g/mol. The van der Waals surface area contributed by atoms with Crippen LogP contribution in [0.3, 0.4) is 0 Å². The predicted molar refractivity (Wildman–Crippen MR) is 130 cm³/mol. The number of halogens is 1. The van der Waals surface area contributed by atoms with Crippen molar-refractivity contribution in [2.75, 3.05) is 11.6 Å². The summed E-state index contributed by atoms with van der Waals surface area (Å²) < 4.78 is 11.2. The quantitative estimate of drug-likeness (QED) is 0.499. The van der Waals surface area contributed by atoms with Gasteiger partial charge in [0.15, 0.2) is 5.69 Å². The van der Waals surface area contributed by atoms with Gasteiger partial charge >= 0.3 is 12.0 Å². The van der Waals surface area contributed by atoms with Crippen molar-refractivity contribution in [1.82, 2.24) is 9.88 Å². The third-order valence-corrected chi connectivity index (χ3v) is 5.16. The first-order valence-electron chi connectivity index (χ1n) is 10.6. The molecule has 10 heteroatoms. The van der Waals surface area contributed by atoms with E-state index < -0.39 is 5.97 Å². The van der Waals surface area contributed by atoms with Gasteiger partial charge in [0, 0.05) is 11.6 Å². The molecule has 0 radical (unpaired) electrons. The van der Waals surface area contributed by atoms with Gasteiger partial charge in [-0.1, -0.05) is 23.7 Å². The highest BCUT2D eigenvalue weighted by atomic mass is 35.5. The van der Waals surface area contributed by atoms with Crippen molar-refractivity contribution in [2.24, 2.45) is 9.98 Å². The molecule has 0 fully saturated rings. The number of aromatic nitrogens is 1. The summed E-state index contributed by atoms with van der Waals surface area (Å²) in [7, 11) is 0. The Morgan fingerprint density at radius 1 is 1.26 bits per heavy atom. The summed E-state index contributed by atoms with van der Waals surface area (Å²) in [4.78, 5) is 28.0. The molecule has 1 aliphatic heterocycles. The van der Waals surface area contributed by atoms with E-state index in [9.17, 15) is 4.79 Å². The molecule has 0 unspecified atom stereocenters. The molecule has 0 amide bonds. The van der Waals surface area contributed by atoms with Crippen LogP contribution in [0.25, 0.3) is 0 Å². The van der Waals surface area contributed by atoms with Crippen molar-refractivity contribution < 1.29 is 19.1 Å². The number of oxazole rings is 1. The molecule has 2 aromatic carbocycles. The van der Waals surface area contributed by atoms with E-state index in [1.807, 2.05) is 68.1 Å². The zero-order valence-corrected chi connectivity index (χ0v) is 19.7. The first-order valence-corrected chi connectivity index (χ1v) is 11.0. The molecule has 0 spiro atoms. The molecule has 9 nitrogen and oxygen atoms in total. The highest BCUT2D eigenvalue weighted by molar-refractivity contribution is 6.30. The minimum atomic E-state index is -1.16. The molecule has 3 aromatic rings. The van der Waals surface area contributed by atoms with Gasteiger partial charge in [-0.3, -0.25) is 4.90 Å². The van der Waals surface area contributed by atoms with Crippen LogP contribution in [0, 0.1) is 6.92 Å². The van der Waals surface area contributed by atoms with Crippen molar-refractivity contribution in [1.29, 1.82) is 0 Å². The molecule has 2 heterocycles. The van der Waals surface area contributed by atoms with E-state index >= 15 is 0 Å². The molecule has 1 aliphatic rings. The fraction of sp³-hybridized carbons (Fsp3) is 0.250. The zero-order valence-electron chi connectivity index (χ0n) is 19.0. The summed E-state index contributed by atoms with van der Waals surface area (Å²) in [6, 6.07) is 13.4. The number of carboxylic acids is 1. The summed E-state index contributed by atoms with van der Waals surface area (Å²) in [5, 5.41) is 9.79. The number of hydrogen-bond donors (Lipinski definition) is 1. The van der Waals surface area contributed by atoms with Crippen molar-refractivity contribution in [3.8, 4) is 5.75 Å². The molecule has 1 N–H and O–H groups in total. The van der Waals surface area contributed by atoms with Gasteiger partial charge in [-0.25, -0.2) is 14.8 Å². The van der Waals surface area contributed by atoms with Crippen LogP contribution in [0.15, 0.2) is 63.1 Å². The second kappa shape index (κ2) is 9.96. The van der Waals surface area contributed by atoms with Gasteiger partial charge in [-0.05, 0) is 62.2 Å². The number of carbonyl (C=O) groups is 1. The smallest absolute Gasteiger partial charge is 0.357 e. The number of nitrogens with zero attached hydrogens (tertiary/aromatic N) is 5. The maximum absolute atomic E-state index is 11.2. The van der Waals surface area contributed by atoms with E-state index in [4.69, 9.17) is 30.9 Å². The van der Waals surface area contributed by atoms with Crippen molar-refractivity contribution >= 4 is 41.6 Å². The number of rotatable bonds is 7. The summed E-state index contributed by atoms with van der Waals surface area (Å²) >= 11 is 6.03. The maximum Gasteiger partial charge on any atom is 0.357 e. The molecule has 176 valence electrons. The number of ether oxygens (including phenoxy) is 1. The lowest BCUT2D eigenvalue weighted by Gasteiger charge is -2.31. The Balaban J connectivity index is 1.64. The Hall–Kier alpha value is -3.85. The van der Waals surface area contributed by atoms with Crippen LogP contribution in [0.1, 0.15) is 35.5 Å². The first-order chi connectivity index (χ1) is 16.3. The zero-order chi connectivity index (χ0) is 24.2. The normalized spacial score (nSPS) is 14.8. The number of carboxylic acid groups (broad SMARTS) is 1. The van der Waals surface area contributed by atoms with Gasteiger partial charge in [-0.2, -0.15) is 4.98 Å². The third-order valence-electron chi connectivity index (χ3n) is 4.91. The number of aromatic carboxylic acids is 1. The highest BCUT2D eigenvalue weighted by Gasteiger charge is 2.24. The Bertz CT molecular complexity index is 1240. The van der Waals surface area contributed by atoms with Crippen LogP contribution in [0.4, 0.5) is 11.7 Å². The molecule has 34 heavy (non-hydrogen) atoms. The molecule has 0 atom stereocenters. The number of aliphatic imine (C=N–C) groups is 2. The largest absolute Gasteiger partial charge is 0.491 e. The number of anilines is 1. The summed E-state index contributed by atoms with van der Waals surface area (Å²) in [5.74, 6) is 0.144. The number of guanidine groups is 1. The van der Waals surface area contributed by atoms with E-state index in [1.54, 1.807) is 4.90 Å². The van der Waals surface area contributed by atoms with Crippen molar-refractivity contribution in [3.63, 3.8) is 0 Å². The Labute approximate surface area is 202 Å². The first kappa shape index (κ1) is 23.3. The molecule has 4 rings (SSSR count). The molecule has 0 aliphatic carbocycles. The van der Waals surface area contributed by atoms with Crippen LogP contribution in [-0.4, -0.2) is 46.0 Å². The van der Waals surface area contributed by atoms with Gasteiger partial charge in [0.1, 0.15) is 25.0 Å². The molecule has 0 bridgehead atoms. The van der Waals surface area contributed by atoms with Crippen LogP contribution in [0.5, 0.6) is 5.75 Å². The van der Waals surface area contributed by atoms with Crippen molar-refractivity contribution in [2.45, 2.75) is 33.4 Å². The molecule has 0 saturated carbocycles. The van der Waals surface area contributed by atoms with Gasteiger partial charge < -0.3 is 19.2 Å². The highest BCUT2D eigenvalue weighted by Crippen LogP contribution is 2.26. The average molecular weight is 482 g/mol. The lowest BCUT2D eigenvalue weighted by Crippen LogP contribution is -2.44. The number of aryl methyl sites for hydroxylation is 1. The van der Waals surface area contributed by atoms with E-state index in [0.717, 1.165) is 28.8 Å². The monoisotopic (exact) mass is 481 g/mol. The predicted octanol–water partition coefficient (Wildman–Crippen LogP) is 5.12. The SMILES string of the molecule is Cc1cc(N=C2N=CN(c3nc(C(=O)O)co3)CN2Cc2ccc(Cl)cc2)ccc1OC(C)C. The van der Waals surface area contributed by atoms with E-state index in [1.165, 1.54) is 6.34 Å². The van der Waals surface area contributed by atoms with E-state index in [-0.39, 0.29) is 17.8 Å². The van der Waals surface area contributed by atoms with Gasteiger partial charge in [0.2, 0.25) is 5.96 Å². The Morgan fingerprint density at radius 2 is 2.03 bits per heavy atom. The molecular formula is C24H24ClN5O4. The van der Waals surface area contributed by atoms with Crippen LogP contribution >= 0.6 is 11.6 Å². The average Bonchev–Trinajstić information content (AvgIpc) is 3.29. The Morgan fingerprint density at radius 3 is 2.68 bits per heavy atom. The van der Waals surface area contributed by atoms with Gasteiger partial charge in [0.05, 0.1) is 11.8 Å². The third kappa shape index (κ3) is 5.55. The fourth-order valence-electron chi connectivity index (χ4n) is 3.33. The summed E-state index contributed by atoms with van der Waals surface area (Å²) in [6.45, 7) is 6.74. The van der Waals surface area contributed by atoms with E-state index in [2.05, 4.69) is 9.98 Å². The van der Waals surface area contributed by atoms with Crippen LogP contribution in [0.2, 0.25) is 5.02 Å². The van der Waals surface area contributed by atoms with Gasteiger partial charge in [0.25, 0.3) is 0 Å². The molecule has 0 saturated heterocycles. The van der Waals surface area contributed by atoms with E-state index in [0.29, 0.717) is 24.2 Å². The number of hydrogen-bond acceptors (Lipinski definition) is 6. The lowest BCUT2D eigenvalue weighted by molar-refractivity contribution is 0.0690. The standard InChI is InChI=1S/C24H24ClN5O4/c1-15(2)34-21-9-8-19(10-16(21)3)27-23-26-13-30(24-28-20(12-33-24)22(31)32)14-29(23)11-17-4-6-18(25)7-5-17/h4-10,12-13,15H,11,14H2,1-3H3,(H,31,32). The second-order valence-electron chi connectivity index (χ2n) is 8.03. The summed E-state index contributed by atoms with van der Waals surface area (Å²) in [5.41, 5.74) is 2.54. The van der Waals surface area contributed by atoms with Gasteiger partial charge in [-0.15, -0.1) is 0 Å². The lowest BCUT2D eigenvalue weighted by atomic mass is 10.2. The Kier molecular flexibility index (Phi) is 6.83. The fourth-order valence-corrected chi connectivity index (χ4v) is 3.45. The molecule has 1 aromatic heterocycles. The second-order valence-corrected chi connectivity index (χ2v) is 8.47. The minimum absolute atomic E-state index is 0.0801. The number of benzene rings is 2. The summed E-state index contributed by atoms with van der Waals surface area (Å²) in [6.07, 6.45) is 2.71. The van der Waals surface area contributed by atoms with Crippen molar-refractivity contribution in [3.05, 3.63) is 70.6 Å². The topological polar surface area (TPSA) is 104 Å². The minimum Gasteiger partial charge on any atom is -0.491 e.